The van der Waals surface area contributed by atoms with Gasteiger partial charge in [-0.2, -0.15) is 4.98 Å². The Morgan fingerprint density at radius 2 is 1.78 bits per heavy atom. The number of aromatic nitrogens is 5. The molecule has 5 aromatic rings. The molecule has 0 atom stereocenters. The lowest BCUT2D eigenvalue weighted by atomic mass is 10.1. The van der Waals surface area contributed by atoms with E-state index >= 15 is 0 Å². The van der Waals surface area contributed by atoms with Crippen molar-refractivity contribution in [3.8, 4) is 11.6 Å². The molecule has 9 nitrogen and oxygen atoms in total. The van der Waals surface area contributed by atoms with Crippen LogP contribution in [0.25, 0.3) is 11.2 Å². The van der Waals surface area contributed by atoms with E-state index in [-0.39, 0.29) is 6.54 Å². The minimum Gasteiger partial charge on any atom is -0.439 e. The summed E-state index contributed by atoms with van der Waals surface area (Å²) in [6, 6.07) is 20.1. The van der Waals surface area contributed by atoms with Gasteiger partial charge < -0.3 is 19.7 Å². The number of pyridine rings is 1. The first-order valence-electron chi connectivity index (χ1n) is 11.6. The van der Waals surface area contributed by atoms with Gasteiger partial charge in [-0.05, 0) is 61.9 Å². The summed E-state index contributed by atoms with van der Waals surface area (Å²) >= 11 is 6.07. The van der Waals surface area contributed by atoms with Crippen molar-refractivity contribution in [2.45, 2.75) is 32.5 Å². The van der Waals surface area contributed by atoms with Crippen LogP contribution in [-0.4, -0.2) is 34.8 Å². The molecule has 0 aliphatic carbocycles. The number of imidazole rings is 1. The van der Waals surface area contributed by atoms with Crippen LogP contribution < -0.4 is 15.6 Å². The van der Waals surface area contributed by atoms with Gasteiger partial charge in [0.25, 0.3) is 0 Å². The zero-order valence-corrected chi connectivity index (χ0v) is 21.1. The van der Waals surface area contributed by atoms with Gasteiger partial charge in [-0.15, -0.1) is 0 Å². The Hall–Kier alpha value is -4.21. The third kappa shape index (κ3) is 5.79. The Bertz CT molecular complexity index is 1570. The monoisotopic (exact) mass is 516 g/mol. The molecule has 0 fully saturated rings. The summed E-state index contributed by atoms with van der Waals surface area (Å²) in [5.41, 5.74) is 0.965. The third-order valence-corrected chi connectivity index (χ3v) is 5.77. The second kappa shape index (κ2) is 10.0. The first-order valence-corrected chi connectivity index (χ1v) is 12.0. The van der Waals surface area contributed by atoms with Gasteiger partial charge in [-0.25, -0.2) is 9.97 Å². The molecule has 10 heteroatoms. The number of hydrogen-bond donors (Lipinski definition) is 2. The summed E-state index contributed by atoms with van der Waals surface area (Å²) in [6.45, 7) is 3.95. The standard InChI is InChI=1S/C27H25ClN6O3/c1-27(2,36)16-33-17-30-24-23(33)25(35)32-26(34(24)15-18-6-8-19(28)9-7-18)31-20-10-12-21(13-11-20)37-22-5-3-4-14-29-22/h3-14,17,36H,15-16H2,1-2H3,(H,31,32,35). The summed E-state index contributed by atoms with van der Waals surface area (Å²) in [4.78, 5) is 26.2. The maximum atomic E-state index is 13.1. The number of halogens is 1. The number of ether oxygens (including phenoxy) is 1. The number of nitrogens with zero attached hydrogens (tertiary/aromatic N) is 5. The molecule has 0 aliphatic rings. The van der Waals surface area contributed by atoms with Gasteiger partial charge in [0.2, 0.25) is 11.8 Å². The molecule has 2 N–H and O–H groups in total. The predicted molar refractivity (Wildman–Crippen MR) is 143 cm³/mol. The maximum Gasteiger partial charge on any atom is 0.300 e. The van der Waals surface area contributed by atoms with Crippen LogP contribution in [0.4, 0.5) is 11.6 Å². The van der Waals surface area contributed by atoms with E-state index in [4.69, 9.17) is 16.3 Å². The van der Waals surface area contributed by atoms with E-state index in [1.54, 1.807) is 49.1 Å². The van der Waals surface area contributed by atoms with Crippen LogP contribution in [0, 0.1) is 0 Å². The number of anilines is 2. The van der Waals surface area contributed by atoms with Crippen LogP contribution in [0.3, 0.4) is 0 Å². The first kappa shape index (κ1) is 24.5. The van der Waals surface area contributed by atoms with Crippen molar-refractivity contribution in [2.24, 2.45) is 0 Å². The molecule has 0 spiro atoms. The first-order chi connectivity index (χ1) is 17.7. The topological polar surface area (TPSA) is 107 Å². The molecular weight excluding hydrogens is 492 g/mol. The summed E-state index contributed by atoms with van der Waals surface area (Å²) in [6.07, 6.45) is 3.22. The minimum absolute atomic E-state index is 0.200. The Kier molecular flexibility index (Phi) is 6.64. The van der Waals surface area contributed by atoms with E-state index in [1.807, 2.05) is 53.1 Å². The van der Waals surface area contributed by atoms with E-state index in [1.165, 1.54) is 0 Å². The number of fused-ring (bicyclic) bond motifs is 1. The zero-order valence-electron chi connectivity index (χ0n) is 20.3. The molecule has 37 heavy (non-hydrogen) atoms. The smallest absolute Gasteiger partial charge is 0.300 e. The Labute approximate surface area is 218 Å². The van der Waals surface area contributed by atoms with Crippen molar-refractivity contribution in [3.63, 3.8) is 0 Å². The highest BCUT2D eigenvalue weighted by Crippen LogP contribution is 2.25. The van der Waals surface area contributed by atoms with E-state index in [2.05, 4.69) is 20.3 Å². The Morgan fingerprint density at radius 1 is 1.03 bits per heavy atom. The molecule has 3 heterocycles. The molecular formula is C27H25ClN6O3. The average Bonchev–Trinajstić information content (AvgIpc) is 3.27. The lowest BCUT2D eigenvalue weighted by Crippen LogP contribution is -2.28. The van der Waals surface area contributed by atoms with Crippen LogP contribution in [0.2, 0.25) is 5.02 Å². The zero-order chi connectivity index (χ0) is 26.0. The second-order valence-electron chi connectivity index (χ2n) is 9.23. The molecule has 0 amide bonds. The van der Waals surface area contributed by atoms with Crippen molar-refractivity contribution in [1.82, 2.24) is 24.1 Å². The summed E-state index contributed by atoms with van der Waals surface area (Å²) in [7, 11) is 0. The molecule has 5 rings (SSSR count). The number of benzene rings is 2. The van der Waals surface area contributed by atoms with Gasteiger partial charge in [-0.3, -0.25) is 9.36 Å². The maximum absolute atomic E-state index is 13.1. The van der Waals surface area contributed by atoms with Crippen molar-refractivity contribution < 1.29 is 9.84 Å². The lowest BCUT2D eigenvalue weighted by Gasteiger charge is -2.19. The molecule has 0 saturated carbocycles. The van der Waals surface area contributed by atoms with Crippen molar-refractivity contribution in [1.29, 1.82) is 0 Å². The van der Waals surface area contributed by atoms with Gasteiger partial charge in [0, 0.05) is 23.0 Å². The van der Waals surface area contributed by atoms with Crippen LogP contribution in [-0.2, 0) is 13.1 Å². The van der Waals surface area contributed by atoms with E-state index in [0.29, 0.717) is 46.0 Å². The van der Waals surface area contributed by atoms with Gasteiger partial charge in [-0.1, -0.05) is 29.8 Å². The van der Waals surface area contributed by atoms with Gasteiger partial charge in [0.1, 0.15) is 5.75 Å². The second-order valence-corrected chi connectivity index (χ2v) is 9.67. The Balaban J connectivity index is 1.51. The highest BCUT2D eigenvalue weighted by atomic mass is 35.5. The molecule has 0 saturated heterocycles. The highest BCUT2D eigenvalue weighted by molar-refractivity contribution is 6.30. The normalized spacial score (nSPS) is 11.6. The summed E-state index contributed by atoms with van der Waals surface area (Å²) in [5, 5.41) is 14.2. The summed E-state index contributed by atoms with van der Waals surface area (Å²) < 4.78 is 9.23. The van der Waals surface area contributed by atoms with Gasteiger partial charge >= 0.3 is 5.56 Å². The molecule has 2 aromatic carbocycles. The molecule has 0 aliphatic heterocycles. The minimum atomic E-state index is -1.03. The third-order valence-electron chi connectivity index (χ3n) is 5.52. The number of aliphatic hydroxyl groups is 1. The largest absolute Gasteiger partial charge is 0.439 e. The fourth-order valence-electron chi connectivity index (χ4n) is 3.92. The number of hydrogen-bond acceptors (Lipinski definition) is 7. The fraction of sp³-hybridized carbons (Fsp3) is 0.185. The summed E-state index contributed by atoms with van der Waals surface area (Å²) in [5.74, 6) is 1.45. The predicted octanol–water partition coefficient (Wildman–Crippen LogP) is 5.00. The van der Waals surface area contributed by atoms with Crippen molar-refractivity contribution >= 4 is 34.4 Å². The quantitative estimate of drug-likeness (QED) is 0.299. The van der Waals surface area contributed by atoms with Gasteiger partial charge in [0.05, 0.1) is 25.0 Å². The highest BCUT2D eigenvalue weighted by Gasteiger charge is 2.21. The van der Waals surface area contributed by atoms with E-state index in [0.717, 1.165) is 5.56 Å². The average molecular weight is 517 g/mol. The van der Waals surface area contributed by atoms with E-state index in [9.17, 15) is 9.90 Å². The van der Waals surface area contributed by atoms with Crippen LogP contribution >= 0.6 is 11.6 Å². The SMILES string of the molecule is CC(C)(O)Cn1cnc2c1c(=O)nc(Nc1ccc(Oc3ccccn3)cc1)n2Cc1ccc(Cl)cc1. The number of nitrogens with one attached hydrogen (secondary N) is 1. The van der Waals surface area contributed by atoms with Crippen molar-refractivity contribution in [3.05, 3.63) is 100 Å². The molecule has 0 radical (unpaired) electrons. The van der Waals surface area contributed by atoms with E-state index < -0.39 is 11.2 Å². The van der Waals surface area contributed by atoms with Crippen LogP contribution in [0.5, 0.6) is 11.6 Å². The molecule has 188 valence electrons. The Morgan fingerprint density at radius 3 is 2.46 bits per heavy atom. The van der Waals surface area contributed by atoms with Crippen molar-refractivity contribution in [2.75, 3.05) is 5.32 Å². The molecule has 0 bridgehead atoms. The van der Waals surface area contributed by atoms with Crippen LogP contribution in [0.15, 0.2) is 84.0 Å². The molecule has 3 aromatic heterocycles. The lowest BCUT2D eigenvalue weighted by molar-refractivity contribution is 0.0626. The number of rotatable bonds is 8. The van der Waals surface area contributed by atoms with Crippen LogP contribution in [0.1, 0.15) is 19.4 Å². The van der Waals surface area contributed by atoms with Gasteiger partial charge in [0.15, 0.2) is 11.2 Å². The fourth-order valence-corrected chi connectivity index (χ4v) is 4.04. The molecule has 0 unspecified atom stereocenters.